The number of carbonyl (C=O) groups excluding carboxylic acids is 1. The molecule has 0 saturated carbocycles. The molecule has 0 unspecified atom stereocenters. The minimum Gasteiger partial charge on any atom is -0.373 e. The fourth-order valence-electron chi connectivity index (χ4n) is 3.07. The number of para-hydroxylation sites is 2. The molecule has 1 aliphatic rings. The van der Waals surface area contributed by atoms with Crippen molar-refractivity contribution < 1.29 is 4.79 Å². The first kappa shape index (κ1) is 15.8. The normalized spacial score (nSPS) is 14.1. The summed E-state index contributed by atoms with van der Waals surface area (Å²) in [5.74, 6) is 0.0144. The van der Waals surface area contributed by atoms with Crippen LogP contribution in [0.4, 0.5) is 11.4 Å². The van der Waals surface area contributed by atoms with E-state index in [1.54, 1.807) is 18.6 Å². The van der Waals surface area contributed by atoms with E-state index in [1.165, 1.54) is 11.3 Å². The quantitative estimate of drug-likeness (QED) is 0.707. The van der Waals surface area contributed by atoms with Gasteiger partial charge in [-0.1, -0.05) is 12.1 Å². The zero-order chi connectivity index (χ0) is 17.2. The van der Waals surface area contributed by atoms with E-state index in [9.17, 15) is 4.79 Å². The number of nitrogens with zero attached hydrogens (tertiary/aromatic N) is 4. The highest BCUT2D eigenvalue weighted by Crippen LogP contribution is 2.33. The summed E-state index contributed by atoms with van der Waals surface area (Å²) in [6.07, 6.45) is 6.09. The van der Waals surface area contributed by atoms with Crippen molar-refractivity contribution in [2.45, 2.75) is 6.42 Å². The standard InChI is InChI=1S/C19H18N4OS/c1-22-11-4-12-23(16-6-3-2-5-15(16)22)19(24)17-13-21-18(25-17)14-7-9-20-10-8-14/h2-3,5-10,13H,4,11-12H2,1H3. The third-order valence-electron chi connectivity index (χ3n) is 4.35. The van der Waals surface area contributed by atoms with Crippen LogP contribution in [0.1, 0.15) is 16.1 Å². The average Bonchev–Trinajstić information content (AvgIpc) is 3.09. The lowest BCUT2D eigenvalue weighted by Gasteiger charge is -2.23. The van der Waals surface area contributed by atoms with Crippen molar-refractivity contribution >= 4 is 28.6 Å². The Labute approximate surface area is 150 Å². The van der Waals surface area contributed by atoms with Crippen LogP contribution in [0.25, 0.3) is 10.6 Å². The van der Waals surface area contributed by atoms with Crippen molar-refractivity contribution in [2.75, 3.05) is 29.9 Å². The lowest BCUT2D eigenvalue weighted by atomic mass is 10.2. The number of hydrogen-bond donors (Lipinski definition) is 0. The molecule has 0 saturated heterocycles. The molecule has 25 heavy (non-hydrogen) atoms. The van der Waals surface area contributed by atoms with Gasteiger partial charge in [0, 0.05) is 38.1 Å². The van der Waals surface area contributed by atoms with Crippen LogP contribution in [0.15, 0.2) is 55.0 Å². The van der Waals surface area contributed by atoms with Crippen molar-refractivity contribution in [2.24, 2.45) is 0 Å². The molecule has 1 aromatic carbocycles. The highest BCUT2D eigenvalue weighted by Gasteiger charge is 2.25. The number of thiazole rings is 1. The molecule has 1 aliphatic heterocycles. The summed E-state index contributed by atoms with van der Waals surface area (Å²) >= 11 is 1.43. The first-order valence-corrected chi connectivity index (χ1v) is 9.04. The van der Waals surface area contributed by atoms with E-state index in [4.69, 9.17) is 0 Å². The SMILES string of the molecule is CN1CCCN(C(=O)c2cnc(-c3ccncc3)s2)c2ccccc21. The van der Waals surface area contributed by atoms with Crippen molar-refractivity contribution in [1.29, 1.82) is 0 Å². The topological polar surface area (TPSA) is 49.3 Å². The summed E-state index contributed by atoms with van der Waals surface area (Å²) in [6.45, 7) is 1.65. The molecule has 4 rings (SSSR count). The minimum absolute atomic E-state index is 0.0144. The highest BCUT2D eigenvalue weighted by atomic mass is 32.1. The summed E-state index contributed by atoms with van der Waals surface area (Å²) in [7, 11) is 2.07. The molecular formula is C19H18N4OS. The van der Waals surface area contributed by atoms with Crippen molar-refractivity contribution in [1.82, 2.24) is 9.97 Å². The van der Waals surface area contributed by atoms with Gasteiger partial charge in [0.15, 0.2) is 0 Å². The third kappa shape index (κ3) is 3.00. The van der Waals surface area contributed by atoms with Crippen LogP contribution in [-0.2, 0) is 0 Å². The zero-order valence-corrected chi connectivity index (χ0v) is 14.7. The summed E-state index contributed by atoms with van der Waals surface area (Å²) in [6, 6.07) is 11.9. The molecule has 2 aromatic heterocycles. The lowest BCUT2D eigenvalue weighted by Crippen LogP contribution is -2.30. The van der Waals surface area contributed by atoms with Gasteiger partial charge in [-0.25, -0.2) is 4.98 Å². The molecule has 1 amide bonds. The Kier molecular flexibility index (Phi) is 4.19. The number of fused-ring (bicyclic) bond motifs is 1. The number of benzene rings is 1. The van der Waals surface area contributed by atoms with E-state index in [-0.39, 0.29) is 5.91 Å². The molecule has 0 fully saturated rings. The van der Waals surface area contributed by atoms with Gasteiger partial charge in [-0.2, -0.15) is 0 Å². The lowest BCUT2D eigenvalue weighted by molar-refractivity contribution is 0.0991. The molecule has 3 heterocycles. The number of amides is 1. The number of anilines is 2. The van der Waals surface area contributed by atoms with Gasteiger partial charge in [-0.15, -0.1) is 11.3 Å². The highest BCUT2D eigenvalue weighted by molar-refractivity contribution is 7.17. The summed E-state index contributed by atoms with van der Waals surface area (Å²) in [5.41, 5.74) is 3.04. The van der Waals surface area contributed by atoms with E-state index >= 15 is 0 Å². The Bertz CT molecular complexity index is 893. The van der Waals surface area contributed by atoms with E-state index in [2.05, 4.69) is 28.0 Å². The Balaban J connectivity index is 1.67. The summed E-state index contributed by atoms with van der Waals surface area (Å²) in [4.78, 5) is 26.3. The Hall–Kier alpha value is -2.73. The van der Waals surface area contributed by atoms with Gasteiger partial charge < -0.3 is 9.80 Å². The van der Waals surface area contributed by atoms with E-state index < -0.39 is 0 Å². The Morgan fingerprint density at radius 2 is 1.84 bits per heavy atom. The van der Waals surface area contributed by atoms with Gasteiger partial charge in [0.05, 0.1) is 17.6 Å². The van der Waals surface area contributed by atoms with Crippen LogP contribution >= 0.6 is 11.3 Å². The fraction of sp³-hybridized carbons (Fsp3) is 0.211. The molecule has 0 atom stereocenters. The van der Waals surface area contributed by atoms with E-state index in [1.807, 2.05) is 35.2 Å². The van der Waals surface area contributed by atoms with Crippen LogP contribution in [0, 0.1) is 0 Å². The molecule has 0 aliphatic carbocycles. The van der Waals surface area contributed by atoms with Crippen LogP contribution in [-0.4, -0.2) is 36.0 Å². The first-order chi connectivity index (χ1) is 12.2. The average molecular weight is 350 g/mol. The molecule has 0 spiro atoms. The molecule has 0 bridgehead atoms. The second-order valence-electron chi connectivity index (χ2n) is 5.99. The van der Waals surface area contributed by atoms with Gasteiger partial charge in [0.25, 0.3) is 5.91 Å². The maximum absolute atomic E-state index is 13.1. The summed E-state index contributed by atoms with van der Waals surface area (Å²) < 4.78 is 0. The smallest absolute Gasteiger partial charge is 0.270 e. The second-order valence-corrected chi connectivity index (χ2v) is 7.02. The molecule has 3 aromatic rings. The molecule has 0 radical (unpaired) electrons. The maximum Gasteiger partial charge on any atom is 0.270 e. The van der Waals surface area contributed by atoms with E-state index in [0.717, 1.165) is 34.9 Å². The molecule has 5 nitrogen and oxygen atoms in total. The predicted octanol–water partition coefficient (Wildman–Crippen LogP) is 3.69. The van der Waals surface area contributed by atoms with Gasteiger partial charge in [0.2, 0.25) is 0 Å². The maximum atomic E-state index is 13.1. The van der Waals surface area contributed by atoms with E-state index in [0.29, 0.717) is 11.4 Å². The van der Waals surface area contributed by atoms with Crippen molar-refractivity contribution in [3.8, 4) is 10.6 Å². The number of rotatable bonds is 2. The number of carbonyl (C=O) groups is 1. The summed E-state index contributed by atoms with van der Waals surface area (Å²) in [5, 5.41) is 0.839. The van der Waals surface area contributed by atoms with Crippen LogP contribution in [0.2, 0.25) is 0 Å². The largest absolute Gasteiger partial charge is 0.373 e. The van der Waals surface area contributed by atoms with Crippen LogP contribution in [0.5, 0.6) is 0 Å². The molecular weight excluding hydrogens is 332 g/mol. The minimum atomic E-state index is 0.0144. The molecule has 0 N–H and O–H groups in total. The Morgan fingerprint density at radius 3 is 2.64 bits per heavy atom. The predicted molar refractivity (Wildman–Crippen MR) is 101 cm³/mol. The number of aromatic nitrogens is 2. The second kappa shape index (κ2) is 6.64. The van der Waals surface area contributed by atoms with Gasteiger partial charge >= 0.3 is 0 Å². The van der Waals surface area contributed by atoms with Crippen LogP contribution in [0.3, 0.4) is 0 Å². The monoisotopic (exact) mass is 350 g/mol. The zero-order valence-electron chi connectivity index (χ0n) is 13.9. The van der Waals surface area contributed by atoms with Crippen LogP contribution < -0.4 is 9.80 Å². The number of pyridine rings is 1. The van der Waals surface area contributed by atoms with Crippen molar-refractivity contribution in [3.05, 3.63) is 59.9 Å². The van der Waals surface area contributed by atoms with Crippen molar-refractivity contribution in [3.63, 3.8) is 0 Å². The Morgan fingerprint density at radius 1 is 1.08 bits per heavy atom. The molecule has 6 heteroatoms. The fourth-order valence-corrected chi connectivity index (χ4v) is 3.94. The molecule has 126 valence electrons. The van der Waals surface area contributed by atoms with Gasteiger partial charge in [0.1, 0.15) is 9.88 Å². The van der Waals surface area contributed by atoms with Gasteiger partial charge in [-0.05, 0) is 30.7 Å². The van der Waals surface area contributed by atoms with Gasteiger partial charge in [-0.3, -0.25) is 9.78 Å². The third-order valence-corrected chi connectivity index (χ3v) is 5.38. The number of hydrogen-bond acceptors (Lipinski definition) is 5. The first-order valence-electron chi connectivity index (χ1n) is 8.22.